The first-order chi connectivity index (χ1) is 17.9. The Morgan fingerprint density at radius 1 is 1.05 bits per heavy atom. The van der Waals surface area contributed by atoms with Gasteiger partial charge in [0.1, 0.15) is 0 Å². The van der Waals surface area contributed by atoms with E-state index in [2.05, 4.69) is 10.3 Å². The van der Waals surface area contributed by atoms with Gasteiger partial charge in [-0.15, -0.1) is 11.3 Å². The van der Waals surface area contributed by atoms with Gasteiger partial charge in [0.25, 0.3) is 5.91 Å². The quantitative estimate of drug-likeness (QED) is 0.196. The van der Waals surface area contributed by atoms with Crippen molar-refractivity contribution in [3.05, 3.63) is 41.6 Å². The van der Waals surface area contributed by atoms with E-state index in [0.717, 1.165) is 36.8 Å². The summed E-state index contributed by atoms with van der Waals surface area (Å²) in [5, 5.41) is 2.86. The number of alkyl halides is 3. The third kappa shape index (κ3) is 6.31. The average Bonchev–Trinajstić information content (AvgIpc) is 3.65. The molecule has 3 rings (SSSR count). The molecule has 1 aromatic rings. The van der Waals surface area contributed by atoms with Crippen LogP contribution in [0, 0.1) is 11.3 Å². The normalized spacial score (nSPS) is 19.4. The molecule has 1 saturated carbocycles. The van der Waals surface area contributed by atoms with Crippen LogP contribution >= 0.6 is 46.1 Å². The summed E-state index contributed by atoms with van der Waals surface area (Å²) in [5.41, 5.74) is 0.161. The third-order valence-electron chi connectivity index (χ3n) is 7.60. The molecule has 0 aromatic carbocycles. The van der Waals surface area contributed by atoms with Gasteiger partial charge >= 0.3 is 6.18 Å². The van der Waals surface area contributed by atoms with Crippen molar-refractivity contribution in [1.82, 2.24) is 5.32 Å². The molecule has 1 unspecified atom stereocenters. The van der Waals surface area contributed by atoms with Gasteiger partial charge in [-0.1, -0.05) is 48.1 Å². The second kappa shape index (κ2) is 13.1. The van der Waals surface area contributed by atoms with Gasteiger partial charge in [0.2, 0.25) is 0 Å². The van der Waals surface area contributed by atoms with E-state index >= 15 is 13.2 Å². The van der Waals surface area contributed by atoms with Gasteiger partial charge in [-0.2, -0.15) is 13.2 Å². The molecule has 212 valence electrons. The lowest BCUT2D eigenvalue weighted by molar-refractivity contribution is -0.216. The molecule has 1 heterocycles. The van der Waals surface area contributed by atoms with Crippen LogP contribution in [0.5, 0.6) is 0 Å². The highest BCUT2D eigenvalue weighted by Gasteiger charge is 2.65. The van der Waals surface area contributed by atoms with E-state index in [1.54, 1.807) is 0 Å². The number of rotatable bonds is 11. The number of carbonyl (C=O) groups is 1. The van der Waals surface area contributed by atoms with Crippen molar-refractivity contribution in [2.75, 3.05) is 13.6 Å². The van der Waals surface area contributed by atoms with Crippen LogP contribution in [0.4, 0.5) is 13.2 Å². The molecule has 0 radical (unpaired) electrons. The summed E-state index contributed by atoms with van der Waals surface area (Å²) in [6.07, 6.45) is 0.705. The van der Waals surface area contributed by atoms with Crippen molar-refractivity contribution in [3.8, 4) is 0 Å². The van der Waals surface area contributed by atoms with Crippen LogP contribution in [0.15, 0.2) is 25.7 Å². The van der Waals surface area contributed by atoms with Gasteiger partial charge < -0.3 is 5.32 Å². The predicted octanol–water partition coefficient (Wildman–Crippen LogP) is 9.54. The molecule has 1 fully saturated rings. The first kappa shape index (κ1) is 31.5. The lowest BCUT2D eigenvalue weighted by atomic mass is 9.68. The summed E-state index contributed by atoms with van der Waals surface area (Å²) >= 11 is 20.5. The molecule has 0 spiro atoms. The fourth-order valence-corrected chi connectivity index (χ4v) is 7.57. The molecule has 1 aromatic heterocycles. The van der Waals surface area contributed by atoms with Gasteiger partial charge in [-0.05, 0) is 87.8 Å². The highest BCUT2D eigenvalue weighted by atomic mass is 35.5. The van der Waals surface area contributed by atoms with Crippen LogP contribution in [0.2, 0.25) is 0 Å². The average molecular weight is 612 g/mol. The number of unbranched alkanes of at least 4 members (excludes halogenated alkanes) is 1. The van der Waals surface area contributed by atoms with Gasteiger partial charge in [0.05, 0.1) is 30.9 Å². The number of aliphatic imine (C=N–C) groups is 1. The molecule has 0 saturated heterocycles. The molecule has 1 atom stereocenters. The maximum atomic E-state index is 15.5. The molecule has 3 nitrogen and oxygen atoms in total. The van der Waals surface area contributed by atoms with Crippen molar-refractivity contribution >= 4 is 57.8 Å². The first-order valence-electron chi connectivity index (χ1n) is 13.3. The van der Waals surface area contributed by atoms with E-state index in [-0.39, 0.29) is 39.4 Å². The lowest BCUT2D eigenvalue weighted by Gasteiger charge is -2.40. The Morgan fingerprint density at radius 3 is 2.13 bits per heavy atom. The van der Waals surface area contributed by atoms with Gasteiger partial charge in [0, 0.05) is 25.0 Å². The zero-order valence-electron chi connectivity index (χ0n) is 22.4. The zero-order chi connectivity index (χ0) is 28.3. The van der Waals surface area contributed by atoms with E-state index in [1.807, 2.05) is 13.8 Å². The summed E-state index contributed by atoms with van der Waals surface area (Å²) in [4.78, 5) is 18.6. The number of halogens is 6. The molecule has 0 aliphatic heterocycles. The van der Waals surface area contributed by atoms with Gasteiger partial charge in [-0.25, -0.2) is 0 Å². The van der Waals surface area contributed by atoms with Crippen molar-refractivity contribution in [3.63, 3.8) is 0 Å². The van der Waals surface area contributed by atoms with Crippen LogP contribution in [0.25, 0.3) is 0 Å². The fraction of sp³-hybridized carbons (Fsp3) is 0.643. The minimum Gasteiger partial charge on any atom is -0.352 e. The van der Waals surface area contributed by atoms with Crippen LogP contribution in [0.1, 0.15) is 97.8 Å². The summed E-state index contributed by atoms with van der Waals surface area (Å²) in [6, 6.07) is 0. The Kier molecular flexibility index (Phi) is 10.9. The standard InChI is InChI=1S/C28H36Cl3F3N2OS/c1-5-7-12-20(23(31)22(30)16(3)29)27(17-13-14-17,28(32,33)34)15-21(35-4)24-18-10-8-9-11-19(18)25(38-24)26(37)36-6-2/h17H,5-15H2,1-4H3,(H,36,37)/b22-16-,23-20-,35-21?. The number of hydrogen-bond donors (Lipinski definition) is 1. The van der Waals surface area contributed by atoms with Crippen molar-refractivity contribution in [2.24, 2.45) is 16.3 Å². The maximum absolute atomic E-state index is 15.5. The SMILES string of the molecule is CCCC/C(=C(Cl)\C(Cl)=C(/C)Cl)C(CC(=NC)c1sc(C(=O)NCC)c2c1CCCC2)(C1CC1)C(F)(F)F. The monoisotopic (exact) mass is 610 g/mol. The molecule has 1 N–H and O–H groups in total. The number of nitrogens with zero attached hydrogens (tertiary/aromatic N) is 1. The predicted molar refractivity (Wildman–Crippen MR) is 154 cm³/mol. The molecule has 0 bridgehead atoms. The van der Waals surface area contributed by atoms with Crippen molar-refractivity contribution < 1.29 is 18.0 Å². The van der Waals surface area contributed by atoms with E-state index in [0.29, 0.717) is 47.7 Å². The third-order valence-corrected chi connectivity index (χ3v) is 10.2. The molecule has 2 aliphatic carbocycles. The first-order valence-corrected chi connectivity index (χ1v) is 15.3. The number of fused-ring (bicyclic) bond motifs is 1. The molecular formula is C28H36Cl3F3N2OS. The maximum Gasteiger partial charge on any atom is 0.398 e. The number of allylic oxidation sites excluding steroid dienone is 4. The molecular weight excluding hydrogens is 576 g/mol. The van der Waals surface area contributed by atoms with Crippen molar-refractivity contribution in [1.29, 1.82) is 0 Å². The van der Waals surface area contributed by atoms with E-state index in [9.17, 15) is 4.79 Å². The minimum absolute atomic E-state index is 0.0456. The highest BCUT2D eigenvalue weighted by Crippen LogP contribution is 2.63. The summed E-state index contributed by atoms with van der Waals surface area (Å²) in [6.45, 7) is 5.78. The second-order valence-electron chi connectivity index (χ2n) is 10.1. The van der Waals surface area contributed by atoms with Crippen LogP contribution in [-0.2, 0) is 12.8 Å². The molecule has 38 heavy (non-hydrogen) atoms. The number of hydrogen-bond acceptors (Lipinski definition) is 3. The van der Waals surface area contributed by atoms with Gasteiger partial charge in [0.15, 0.2) is 0 Å². The zero-order valence-corrected chi connectivity index (χ0v) is 25.5. The summed E-state index contributed by atoms with van der Waals surface area (Å²) in [5.74, 6) is -0.804. The molecule has 10 heteroatoms. The van der Waals surface area contributed by atoms with Crippen LogP contribution in [0.3, 0.4) is 0 Å². The van der Waals surface area contributed by atoms with E-state index in [4.69, 9.17) is 34.8 Å². The van der Waals surface area contributed by atoms with E-state index in [1.165, 1.54) is 25.3 Å². The molecule has 1 amide bonds. The Bertz CT molecular complexity index is 1130. The number of nitrogens with one attached hydrogen (secondary N) is 1. The topological polar surface area (TPSA) is 41.5 Å². The Morgan fingerprint density at radius 2 is 1.66 bits per heavy atom. The Balaban J connectivity index is 2.24. The fourth-order valence-electron chi connectivity index (χ4n) is 5.56. The second-order valence-corrected chi connectivity index (χ2v) is 12.5. The van der Waals surface area contributed by atoms with Gasteiger partial charge in [-0.3, -0.25) is 9.79 Å². The highest BCUT2D eigenvalue weighted by molar-refractivity contribution is 7.16. The minimum atomic E-state index is -4.59. The number of carbonyl (C=O) groups excluding carboxylic acids is 1. The van der Waals surface area contributed by atoms with Crippen molar-refractivity contribution in [2.45, 2.75) is 91.2 Å². The van der Waals surface area contributed by atoms with Crippen LogP contribution < -0.4 is 5.32 Å². The largest absolute Gasteiger partial charge is 0.398 e. The van der Waals surface area contributed by atoms with Crippen LogP contribution in [-0.4, -0.2) is 31.4 Å². The number of amides is 1. The Hall–Kier alpha value is -1.02. The molecule has 2 aliphatic rings. The lowest BCUT2D eigenvalue weighted by Crippen LogP contribution is -2.44. The van der Waals surface area contributed by atoms with E-state index < -0.39 is 17.5 Å². The summed E-state index contributed by atoms with van der Waals surface area (Å²) in [7, 11) is 1.54. The Labute approximate surface area is 242 Å². The smallest absolute Gasteiger partial charge is 0.352 e. The summed E-state index contributed by atoms with van der Waals surface area (Å²) < 4.78 is 46.4. The number of thiophene rings is 1.